The molecule has 0 N–H and O–H groups in total. The lowest BCUT2D eigenvalue weighted by Gasteiger charge is -2.13. The standard InChI is InChI=1S/C10H7Cl2NO2S/c1-15-8-4-2-7(3-5-8)9(14)10(11,12)16-6-13/h2-5H,1H3. The van der Waals surface area contributed by atoms with Gasteiger partial charge in [-0.3, -0.25) is 4.79 Å². The molecule has 0 spiro atoms. The third-order valence-electron chi connectivity index (χ3n) is 1.79. The van der Waals surface area contributed by atoms with E-state index < -0.39 is 9.45 Å². The first kappa shape index (κ1) is 13.2. The van der Waals surface area contributed by atoms with Crippen molar-refractivity contribution in [2.45, 2.75) is 3.67 Å². The SMILES string of the molecule is COc1ccc(C(=O)C(Cl)(Cl)SC#N)cc1. The number of methoxy groups -OCH3 is 1. The van der Waals surface area contributed by atoms with Crippen LogP contribution in [0.4, 0.5) is 0 Å². The summed E-state index contributed by atoms with van der Waals surface area (Å²) in [5, 5.41) is 10.1. The van der Waals surface area contributed by atoms with Crippen molar-refractivity contribution in [3.8, 4) is 11.2 Å². The summed E-state index contributed by atoms with van der Waals surface area (Å²) in [7, 11) is 1.52. The second kappa shape index (κ2) is 5.44. The fourth-order valence-corrected chi connectivity index (χ4v) is 1.76. The first-order chi connectivity index (χ1) is 7.51. The smallest absolute Gasteiger partial charge is 0.238 e. The predicted octanol–water partition coefficient (Wildman–Crippen LogP) is 3.22. The Bertz CT molecular complexity index is 425. The van der Waals surface area contributed by atoms with E-state index in [0.29, 0.717) is 23.1 Å². The first-order valence-corrected chi connectivity index (χ1v) is 5.72. The van der Waals surface area contributed by atoms with E-state index in [9.17, 15) is 4.79 Å². The van der Waals surface area contributed by atoms with Gasteiger partial charge in [0.2, 0.25) is 9.45 Å². The number of nitriles is 1. The summed E-state index contributed by atoms with van der Waals surface area (Å²) in [4.78, 5) is 11.8. The lowest BCUT2D eigenvalue weighted by atomic mass is 10.1. The van der Waals surface area contributed by atoms with Gasteiger partial charge in [-0.25, -0.2) is 0 Å². The highest BCUT2D eigenvalue weighted by Crippen LogP contribution is 2.37. The Labute approximate surface area is 107 Å². The van der Waals surface area contributed by atoms with Crippen molar-refractivity contribution in [2.75, 3.05) is 7.11 Å². The van der Waals surface area contributed by atoms with Crippen molar-refractivity contribution in [3.63, 3.8) is 0 Å². The van der Waals surface area contributed by atoms with E-state index in [1.54, 1.807) is 29.7 Å². The van der Waals surface area contributed by atoms with Crippen LogP contribution in [-0.2, 0) is 0 Å². The Morgan fingerprint density at radius 2 is 2.00 bits per heavy atom. The average molecular weight is 276 g/mol. The number of thioether (sulfide) groups is 1. The Kier molecular flexibility index (Phi) is 4.48. The zero-order valence-electron chi connectivity index (χ0n) is 8.24. The minimum Gasteiger partial charge on any atom is -0.497 e. The third-order valence-corrected chi connectivity index (χ3v) is 3.13. The maximum Gasteiger partial charge on any atom is 0.238 e. The van der Waals surface area contributed by atoms with Crippen LogP contribution in [0.2, 0.25) is 0 Å². The molecule has 0 aliphatic carbocycles. The van der Waals surface area contributed by atoms with Crippen LogP contribution < -0.4 is 4.74 Å². The average Bonchev–Trinajstić information content (AvgIpc) is 2.28. The van der Waals surface area contributed by atoms with E-state index in [0.717, 1.165) is 0 Å². The zero-order chi connectivity index (χ0) is 12.2. The molecule has 0 bridgehead atoms. The van der Waals surface area contributed by atoms with Gasteiger partial charge in [-0.2, -0.15) is 5.26 Å². The molecule has 0 radical (unpaired) electrons. The predicted molar refractivity (Wildman–Crippen MR) is 65.0 cm³/mol. The number of ketones is 1. The van der Waals surface area contributed by atoms with Crippen LogP contribution in [0, 0.1) is 10.7 Å². The fraction of sp³-hybridized carbons (Fsp3) is 0.200. The van der Waals surface area contributed by atoms with Gasteiger partial charge in [0.05, 0.1) is 7.11 Å². The van der Waals surface area contributed by atoms with Crippen LogP contribution in [0.5, 0.6) is 5.75 Å². The Morgan fingerprint density at radius 1 is 1.44 bits per heavy atom. The largest absolute Gasteiger partial charge is 0.497 e. The highest BCUT2D eigenvalue weighted by atomic mass is 35.5. The molecule has 0 fully saturated rings. The summed E-state index contributed by atoms with van der Waals surface area (Å²) >= 11 is 11.9. The Morgan fingerprint density at radius 3 is 2.44 bits per heavy atom. The van der Waals surface area contributed by atoms with E-state index in [1.807, 2.05) is 0 Å². The number of Topliss-reactive ketones (excluding diaryl/α,β-unsaturated/α-hetero) is 1. The van der Waals surface area contributed by atoms with Crippen LogP contribution >= 0.6 is 35.0 Å². The molecule has 0 aliphatic heterocycles. The number of nitrogens with zero attached hydrogens (tertiary/aromatic N) is 1. The van der Waals surface area contributed by atoms with Crippen LogP contribution in [0.1, 0.15) is 10.4 Å². The number of halogens is 2. The van der Waals surface area contributed by atoms with Gasteiger partial charge in [-0.1, -0.05) is 23.2 Å². The highest BCUT2D eigenvalue weighted by Gasteiger charge is 2.35. The van der Waals surface area contributed by atoms with Crippen molar-refractivity contribution in [1.29, 1.82) is 5.26 Å². The van der Waals surface area contributed by atoms with Crippen molar-refractivity contribution >= 4 is 40.7 Å². The topological polar surface area (TPSA) is 50.1 Å². The maximum absolute atomic E-state index is 11.8. The number of carbonyl (C=O) groups is 1. The summed E-state index contributed by atoms with van der Waals surface area (Å²) in [5.41, 5.74) is 0.327. The molecule has 16 heavy (non-hydrogen) atoms. The van der Waals surface area contributed by atoms with Gasteiger partial charge >= 0.3 is 0 Å². The van der Waals surface area contributed by atoms with E-state index >= 15 is 0 Å². The Balaban J connectivity index is 2.93. The van der Waals surface area contributed by atoms with Crippen LogP contribution in [0.25, 0.3) is 0 Å². The molecule has 0 heterocycles. The second-order valence-electron chi connectivity index (χ2n) is 2.77. The molecule has 0 unspecified atom stereocenters. The van der Waals surface area contributed by atoms with Gasteiger partial charge < -0.3 is 4.74 Å². The molecular formula is C10H7Cl2NO2S. The number of benzene rings is 1. The Hall–Kier alpha value is -0.890. The maximum atomic E-state index is 11.8. The number of carbonyl (C=O) groups excluding carboxylic acids is 1. The molecule has 0 aromatic heterocycles. The molecule has 0 atom stereocenters. The molecule has 6 heteroatoms. The molecule has 3 nitrogen and oxygen atoms in total. The van der Waals surface area contributed by atoms with E-state index in [-0.39, 0.29) is 0 Å². The zero-order valence-corrected chi connectivity index (χ0v) is 10.6. The fourth-order valence-electron chi connectivity index (χ4n) is 1.01. The number of hydrogen-bond donors (Lipinski definition) is 0. The quantitative estimate of drug-likeness (QED) is 0.481. The summed E-state index contributed by atoms with van der Waals surface area (Å²) in [6.07, 6.45) is 0. The molecule has 0 saturated heterocycles. The number of thiocyanates is 1. The molecule has 0 saturated carbocycles. The van der Waals surface area contributed by atoms with E-state index in [4.69, 9.17) is 33.2 Å². The lowest BCUT2D eigenvalue weighted by molar-refractivity contribution is 0.0998. The molecule has 0 aliphatic rings. The van der Waals surface area contributed by atoms with Gasteiger partial charge in [-0.05, 0) is 24.3 Å². The van der Waals surface area contributed by atoms with Gasteiger partial charge in [-0.15, -0.1) is 0 Å². The molecular weight excluding hydrogens is 269 g/mol. The van der Waals surface area contributed by atoms with Crippen molar-refractivity contribution < 1.29 is 9.53 Å². The second-order valence-corrected chi connectivity index (χ2v) is 5.54. The highest BCUT2D eigenvalue weighted by molar-refractivity contribution is 8.08. The molecule has 1 aromatic carbocycles. The monoisotopic (exact) mass is 275 g/mol. The molecule has 84 valence electrons. The molecule has 0 amide bonds. The first-order valence-electron chi connectivity index (χ1n) is 4.15. The van der Waals surface area contributed by atoms with Crippen molar-refractivity contribution in [2.24, 2.45) is 0 Å². The number of hydrogen-bond acceptors (Lipinski definition) is 4. The minimum absolute atomic E-state index is 0.327. The minimum atomic E-state index is -1.77. The number of alkyl halides is 2. The van der Waals surface area contributed by atoms with Gasteiger partial charge in [0, 0.05) is 17.3 Å². The summed E-state index contributed by atoms with van der Waals surface area (Å²) < 4.78 is 3.17. The van der Waals surface area contributed by atoms with Crippen molar-refractivity contribution in [1.82, 2.24) is 0 Å². The lowest BCUT2D eigenvalue weighted by Crippen LogP contribution is -2.21. The van der Waals surface area contributed by atoms with E-state index in [2.05, 4.69) is 0 Å². The normalized spacial score (nSPS) is 10.6. The third kappa shape index (κ3) is 3.05. The van der Waals surface area contributed by atoms with Crippen molar-refractivity contribution in [3.05, 3.63) is 29.8 Å². The summed E-state index contributed by atoms with van der Waals surface area (Å²) in [6, 6.07) is 6.32. The summed E-state index contributed by atoms with van der Waals surface area (Å²) in [6.45, 7) is 0. The van der Waals surface area contributed by atoms with Crippen LogP contribution in [-0.4, -0.2) is 16.6 Å². The van der Waals surface area contributed by atoms with Crippen LogP contribution in [0.15, 0.2) is 24.3 Å². The van der Waals surface area contributed by atoms with Gasteiger partial charge in [0.1, 0.15) is 11.2 Å². The number of rotatable bonds is 4. The molecule has 1 aromatic rings. The van der Waals surface area contributed by atoms with Gasteiger partial charge in [0.15, 0.2) is 0 Å². The summed E-state index contributed by atoms with van der Waals surface area (Å²) in [5.74, 6) is 0.101. The number of ether oxygens (including phenoxy) is 1. The molecule has 1 rings (SSSR count). The van der Waals surface area contributed by atoms with E-state index in [1.165, 1.54) is 7.11 Å². The van der Waals surface area contributed by atoms with Crippen LogP contribution in [0.3, 0.4) is 0 Å². The van der Waals surface area contributed by atoms with Gasteiger partial charge in [0.25, 0.3) is 0 Å².